The first-order valence-corrected chi connectivity index (χ1v) is 9.21. The van der Waals surface area contributed by atoms with Gasteiger partial charge in [0.15, 0.2) is 0 Å². The van der Waals surface area contributed by atoms with Crippen molar-refractivity contribution in [2.75, 3.05) is 0 Å². The van der Waals surface area contributed by atoms with Crippen LogP contribution >= 0.6 is 11.3 Å². The van der Waals surface area contributed by atoms with Crippen molar-refractivity contribution < 1.29 is 0 Å². The van der Waals surface area contributed by atoms with E-state index in [1.54, 1.807) is 4.57 Å². The minimum atomic E-state index is -0.230. The quantitative estimate of drug-likeness (QED) is 0.561. The minimum Gasteiger partial charge on any atom is -0.292 e. The fourth-order valence-electron chi connectivity index (χ4n) is 3.23. The highest BCUT2D eigenvalue weighted by molar-refractivity contribution is 7.25. The third-order valence-corrected chi connectivity index (χ3v) is 5.52. The molecule has 0 aliphatic rings. The molecule has 126 valence electrons. The maximum Gasteiger partial charge on any atom is 0.331 e. The van der Waals surface area contributed by atoms with Crippen LogP contribution < -0.4 is 11.2 Å². The molecule has 0 saturated heterocycles. The van der Waals surface area contributed by atoms with E-state index in [9.17, 15) is 9.59 Å². The highest BCUT2D eigenvalue weighted by atomic mass is 32.1. The van der Waals surface area contributed by atoms with Crippen LogP contribution in [0.2, 0.25) is 0 Å². The molecule has 2 heterocycles. The Kier molecular flexibility index (Phi) is 4.01. The van der Waals surface area contributed by atoms with Gasteiger partial charge in [-0.2, -0.15) is 0 Å². The van der Waals surface area contributed by atoms with Crippen LogP contribution in [-0.4, -0.2) is 9.13 Å². The van der Waals surface area contributed by atoms with E-state index >= 15 is 0 Å². The summed E-state index contributed by atoms with van der Waals surface area (Å²) in [6, 6.07) is 17.5. The summed E-state index contributed by atoms with van der Waals surface area (Å²) in [4.78, 5) is 26.1. The van der Waals surface area contributed by atoms with Gasteiger partial charge in [0.2, 0.25) is 0 Å². The van der Waals surface area contributed by atoms with Crippen molar-refractivity contribution in [3.05, 3.63) is 81.0 Å². The molecule has 4 nitrogen and oxygen atoms in total. The van der Waals surface area contributed by atoms with Crippen molar-refractivity contribution in [2.24, 2.45) is 0 Å². The fraction of sp³-hybridized carbons (Fsp3) is 0.200. The summed E-state index contributed by atoms with van der Waals surface area (Å²) in [5, 5.41) is 0.983. The van der Waals surface area contributed by atoms with Crippen LogP contribution in [0.1, 0.15) is 18.9 Å². The third kappa shape index (κ3) is 2.61. The summed E-state index contributed by atoms with van der Waals surface area (Å²) in [5.74, 6) is 0. The van der Waals surface area contributed by atoms with Gasteiger partial charge in [-0.25, -0.2) is 4.79 Å². The molecule has 0 unspecified atom stereocenters. The first-order chi connectivity index (χ1) is 12.2. The first kappa shape index (κ1) is 15.8. The van der Waals surface area contributed by atoms with Gasteiger partial charge in [0.1, 0.15) is 4.70 Å². The molecule has 0 bridgehead atoms. The molecule has 0 aliphatic carbocycles. The molecule has 0 fully saturated rings. The van der Waals surface area contributed by atoms with Crippen molar-refractivity contribution >= 4 is 31.6 Å². The Labute approximate surface area is 148 Å². The largest absolute Gasteiger partial charge is 0.331 e. The molecule has 4 aromatic rings. The molecule has 0 atom stereocenters. The maximum absolute atomic E-state index is 13.1. The van der Waals surface area contributed by atoms with Crippen LogP contribution in [0.5, 0.6) is 0 Å². The lowest BCUT2D eigenvalue weighted by Gasteiger charge is -2.12. The van der Waals surface area contributed by atoms with E-state index in [0.717, 1.165) is 27.6 Å². The number of aryl methyl sites for hydroxylation is 1. The Morgan fingerprint density at radius 2 is 1.64 bits per heavy atom. The number of nitrogens with zero attached hydrogens (tertiary/aromatic N) is 2. The van der Waals surface area contributed by atoms with E-state index in [2.05, 4.69) is 0 Å². The zero-order valence-corrected chi connectivity index (χ0v) is 14.8. The molecule has 0 aliphatic heterocycles. The lowest BCUT2D eigenvalue weighted by Crippen LogP contribution is -2.39. The zero-order chi connectivity index (χ0) is 17.4. The second-order valence-corrected chi connectivity index (χ2v) is 7.14. The van der Waals surface area contributed by atoms with Gasteiger partial charge in [0.05, 0.1) is 12.1 Å². The molecule has 0 N–H and O–H groups in total. The number of thiophene rings is 1. The van der Waals surface area contributed by atoms with Crippen molar-refractivity contribution in [1.29, 1.82) is 0 Å². The van der Waals surface area contributed by atoms with Crippen molar-refractivity contribution in [2.45, 2.75) is 26.4 Å². The predicted octanol–water partition coefficient (Wildman–Crippen LogP) is 3.84. The van der Waals surface area contributed by atoms with Crippen LogP contribution in [-0.2, 0) is 13.1 Å². The van der Waals surface area contributed by atoms with Crippen LogP contribution in [0.3, 0.4) is 0 Å². The average molecular weight is 350 g/mol. The summed E-state index contributed by atoms with van der Waals surface area (Å²) >= 11 is 1.47. The second-order valence-electron chi connectivity index (χ2n) is 6.09. The normalized spacial score (nSPS) is 11.4. The fourth-order valence-corrected chi connectivity index (χ4v) is 4.39. The summed E-state index contributed by atoms with van der Waals surface area (Å²) in [7, 11) is 0. The molecule has 25 heavy (non-hydrogen) atoms. The monoisotopic (exact) mass is 350 g/mol. The maximum atomic E-state index is 13.1. The van der Waals surface area contributed by atoms with Gasteiger partial charge in [0.25, 0.3) is 5.56 Å². The highest BCUT2D eigenvalue weighted by Crippen LogP contribution is 2.30. The molecule has 4 rings (SSSR count). The molecular weight excluding hydrogens is 332 g/mol. The standard InChI is InChI=1S/C20H18N2O2S/c1-2-12-21-17-15-10-6-7-11-16(15)25-18(17)19(23)22(20(21)24)13-14-8-4-3-5-9-14/h3-11H,2,12-13H2,1H3. The molecule has 0 saturated carbocycles. The summed E-state index contributed by atoms with van der Waals surface area (Å²) < 4.78 is 4.82. The van der Waals surface area contributed by atoms with E-state index in [4.69, 9.17) is 0 Å². The molecule has 5 heteroatoms. The number of benzene rings is 2. The molecular formula is C20H18N2O2S. The lowest BCUT2D eigenvalue weighted by molar-refractivity contribution is 0.595. The van der Waals surface area contributed by atoms with Crippen LogP contribution in [0.25, 0.3) is 20.3 Å². The van der Waals surface area contributed by atoms with Gasteiger partial charge in [-0.15, -0.1) is 11.3 Å². The molecule has 0 amide bonds. The highest BCUT2D eigenvalue weighted by Gasteiger charge is 2.17. The van der Waals surface area contributed by atoms with E-state index in [1.165, 1.54) is 15.9 Å². The van der Waals surface area contributed by atoms with Crippen molar-refractivity contribution in [3.8, 4) is 0 Å². The summed E-state index contributed by atoms with van der Waals surface area (Å²) in [6.07, 6.45) is 0.836. The molecule has 2 aromatic heterocycles. The first-order valence-electron chi connectivity index (χ1n) is 8.39. The van der Waals surface area contributed by atoms with Crippen molar-refractivity contribution in [3.63, 3.8) is 0 Å². The summed E-state index contributed by atoms with van der Waals surface area (Å²) in [6.45, 7) is 2.94. The van der Waals surface area contributed by atoms with E-state index in [-0.39, 0.29) is 11.2 Å². The van der Waals surface area contributed by atoms with E-state index < -0.39 is 0 Å². The Hall–Kier alpha value is -2.66. The van der Waals surface area contributed by atoms with Gasteiger partial charge in [-0.05, 0) is 18.1 Å². The van der Waals surface area contributed by atoms with Gasteiger partial charge >= 0.3 is 5.69 Å². The second kappa shape index (κ2) is 6.33. The van der Waals surface area contributed by atoms with Crippen LogP contribution in [0, 0.1) is 0 Å². The Balaban J connectivity index is 2.06. The third-order valence-electron chi connectivity index (χ3n) is 4.37. The Morgan fingerprint density at radius 1 is 0.920 bits per heavy atom. The van der Waals surface area contributed by atoms with E-state index in [1.807, 2.05) is 61.5 Å². The number of aromatic nitrogens is 2. The van der Waals surface area contributed by atoms with E-state index in [0.29, 0.717) is 17.8 Å². The SMILES string of the molecule is CCCn1c(=O)n(Cc2ccccc2)c(=O)c2sc3ccccc3c21. The van der Waals surface area contributed by atoms with Gasteiger partial charge < -0.3 is 0 Å². The number of rotatable bonds is 4. The smallest absolute Gasteiger partial charge is 0.292 e. The van der Waals surface area contributed by atoms with Crippen molar-refractivity contribution in [1.82, 2.24) is 9.13 Å². The summed E-state index contributed by atoms with van der Waals surface area (Å²) in [5.41, 5.74) is 1.30. The number of hydrogen-bond acceptors (Lipinski definition) is 3. The van der Waals surface area contributed by atoms with Gasteiger partial charge in [-0.3, -0.25) is 13.9 Å². The van der Waals surface area contributed by atoms with Gasteiger partial charge in [0, 0.05) is 16.6 Å². The minimum absolute atomic E-state index is 0.197. The molecule has 0 spiro atoms. The molecule has 0 radical (unpaired) electrons. The topological polar surface area (TPSA) is 44.0 Å². The Bertz CT molecular complexity index is 1170. The number of fused-ring (bicyclic) bond motifs is 3. The molecule has 2 aromatic carbocycles. The predicted molar refractivity (Wildman–Crippen MR) is 104 cm³/mol. The average Bonchev–Trinajstić information content (AvgIpc) is 3.03. The Morgan fingerprint density at radius 3 is 2.40 bits per heavy atom. The lowest BCUT2D eigenvalue weighted by atomic mass is 10.2. The zero-order valence-electron chi connectivity index (χ0n) is 13.9. The van der Waals surface area contributed by atoms with Crippen LogP contribution in [0.4, 0.5) is 0 Å². The number of hydrogen-bond donors (Lipinski definition) is 0. The van der Waals surface area contributed by atoms with Crippen LogP contribution in [0.15, 0.2) is 64.2 Å². The van der Waals surface area contributed by atoms with Gasteiger partial charge in [-0.1, -0.05) is 55.5 Å².